The number of thiophene rings is 2. The molecule has 0 saturated carbocycles. The highest BCUT2D eigenvalue weighted by Gasteiger charge is 2.32. The first-order chi connectivity index (χ1) is 13.6. The molecule has 0 aromatic carbocycles. The molecule has 5 nitrogen and oxygen atoms in total. The highest BCUT2D eigenvalue weighted by atomic mass is 32.1. The highest BCUT2D eigenvalue weighted by Crippen LogP contribution is 2.40. The first kappa shape index (κ1) is 19.6. The van der Waals surface area contributed by atoms with Crippen LogP contribution >= 0.6 is 22.7 Å². The third-order valence-electron chi connectivity index (χ3n) is 5.96. The molecule has 1 atom stereocenters. The number of anilines is 1. The van der Waals surface area contributed by atoms with Crippen LogP contribution in [0.3, 0.4) is 0 Å². The predicted octanol–water partition coefficient (Wildman–Crippen LogP) is 2.55. The molecular weight excluding hydrogens is 390 g/mol. The van der Waals surface area contributed by atoms with Gasteiger partial charge in [0.2, 0.25) is 0 Å². The Morgan fingerprint density at radius 2 is 2.11 bits per heavy atom. The molecular formula is C21H28N3O2S2+. The summed E-state index contributed by atoms with van der Waals surface area (Å²) in [6, 6.07) is 3.70. The molecule has 2 aliphatic rings. The summed E-state index contributed by atoms with van der Waals surface area (Å²) >= 11 is 3.03. The van der Waals surface area contributed by atoms with Gasteiger partial charge in [0.05, 0.1) is 43.2 Å². The largest absolute Gasteiger partial charge is 0.332 e. The number of carbonyl (C=O) groups is 2. The van der Waals surface area contributed by atoms with E-state index < -0.39 is 0 Å². The van der Waals surface area contributed by atoms with Crippen LogP contribution in [0.25, 0.3) is 0 Å². The molecule has 4 rings (SSSR count). The van der Waals surface area contributed by atoms with Crippen molar-refractivity contribution in [3.8, 4) is 0 Å². The zero-order valence-corrected chi connectivity index (χ0v) is 18.2. The molecule has 2 amide bonds. The van der Waals surface area contributed by atoms with E-state index in [0.29, 0.717) is 10.8 Å². The van der Waals surface area contributed by atoms with E-state index in [0.717, 1.165) is 62.6 Å². The molecule has 3 heterocycles. The van der Waals surface area contributed by atoms with Gasteiger partial charge in [0.15, 0.2) is 0 Å². The molecule has 1 aliphatic carbocycles. The van der Waals surface area contributed by atoms with E-state index >= 15 is 0 Å². The number of hydrogen-bond acceptors (Lipinski definition) is 4. The monoisotopic (exact) mass is 418 g/mol. The van der Waals surface area contributed by atoms with Crippen LogP contribution in [0.4, 0.5) is 5.00 Å². The third-order valence-corrected chi connectivity index (χ3v) is 7.99. The Hall–Kier alpha value is -1.70. The second-order valence-corrected chi connectivity index (χ2v) is 9.94. The van der Waals surface area contributed by atoms with Crippen LogP contribution in [0.1, 0.15) is 50.7 Å². The first-order valence-electron chi connectivity index (χ1n) is 10.2. The highest BCUT2D eigenvalue weighted by molar-refractivity contribution is 7.17. The van der Waals surface area contributed by atoms with Gasteiger partial charge in [-0.15, -0.1) is 22.7 Å². The van der Waals surface area contributed by atoms with Crippen LogP contribution in [0.5, 0.6) is 0 Å². The Balaban J connectivity index is 1.62. The molecule has 2 N–H and O–H groups in total. The molecule has 7 heteroatoms. The van der Waals surface area contributed by atoms with Gasteiger partial charge in [0, 0.05) is 4.88 Å². The van der Waals surface area contributed by atoms with Gasteiger partial charge in [0.25, 0.3) is 11.8 Å². The van der Waals surface area contributed by atoms with E-state index in [4.69, 9.17) is 0 Å². The van der Waals surface area contributed by atoms with Crippen molar-refractivity contribution >= 4 is 39.5 Å². The summed E-state index contributed by atoms with van der Waals surface area (Å²) in [5, 5.41) is 5.71. The van der Waals surface area contributed by atoms with Crippen LogP contribution < -0.4 is 10.2 Å². The Labute approximate surface area is 174 Å². The normalized spacial score (nSPS) is 20.1. The number of fused-ring (bicyclic) bond motifs is 1. The minimum Gasteiger partial charge on any atom is -0.332 e. The number of hydrogen-bond donors (Lipinski definition) is 2. The Kier molecular flexibility index (Phi) is 5.85. The van der Waals surface area contributed by atoms with Crippen molar-refractivity contribution in [2.75, 3.05) is 38.0 Å². The standard InChI is InChI=1S/C21H27N3O2S2/c1-3-23-8-10-24(11-9-23)21(26)18-15-7-6-14(2)13-17(15)28-20(18)22-19(25)16-5-4-12-27-16/h4-5,12,14H,3,6-11,13H2,1-2H3,(H,22,25)/p+1. The van der Waals surface area contributed by atoms with Gasteiger partial charge in [-0.1, -0.05) is 13.0 Å². The lowest BCUT2D eigenvalue weighted by Gasteiger charge is -2.32. The van der Waals surface area contributed by atoms with E-state index in [1.165, 1.54) is 21.8 Å². The number of nitrogens with zero attached hydrogens (tertiary/aromatic N) is 1. The van der Waals surface area contributed by atoms with Gasteiger partial charge in [-0.2, -0.15) is 0 Å². The third kappa shape index (κ3) is 3.88. The van der Waals surface area contributed by atoms with E-state index in [-0.39, 0.29) is 11.8 Å². The average Bonchev–Trinajstić information content (AvgIpc) is 3.35. The lowest BCUT2D eigenvalue weighted by molar-refractivity contribution is -0.902. The number of rotatable bonds is 4. The molecule has 28 heavy (non-hydrogen) atoms. The van der Waals surface area contributed by atoms with Crippen molar-refractivity contribution in [3.05, 3.63) is 38.4 Å². The Bertz CT molecular complexity index is 851. The summed E-state index contributed by atoms with van der Waals surface area (Å²) in [6.45, 7) is 9.16. The maximum atomic E-state index is 13.5. The summed E-state index contributed by atoms with van der Waals surface area (Å²) < 4.78 is 0. The molecule has 1 unspecified atom stereocenters. The number of likely N-dealkylation sites (N-methyl/N-ethyl adjacent to an activating group) is 1. The number of amides is 2. The summed E-state index contributed by atoms with van der Waals surface area (Å²) in [5.74, 6) is 0.617. The van der Waals surface area contributed by atoms with Gasteiger partial charge in [-0.05, 0) is 49.1 Å². The van der Waals surface area contributed by atoms with Gasteiger partial charge in [0.1, 0.15) is 5.00 Å². The quantitative estimate of drug-likeness (QED) is 0.802. The topological polar surface area (TPSA) is 53.9 Å². The minimum atomic E-state index is -0.115. The molecule has 150 valence electrons. The summed E-state index contributed by atoms with van der Waals surface area (Å²) in [4.78, 5) is 31.6. The molecule has 1 fully saturated rings. The van der Waals surface area contributed by atoms with E-state index in [2.05, 4.69) is 19.2 Å². The summed E-state index contributed by atoms with van der Waals surface area (Å²) in [6.07, 6.45) is 3.04. The second kappa shape index (κ2) is 8.35. The molecule has 1 aliphatic heterocycles. The fourth-order valence-electron chi connectivity index (χ4n) is 4.18. The zero-order chi connectivity index (χ0) is 19.7. The Morgan fingerprint density at radius 1 is 1.32 bits per heavy atom. The maximum Gasteiger partial charge on any atom is 0.266 e. The lowest BCUT2D eigenvalue weighted by Crippen LogP contribution is -3.14. The van der Waals surface area contributed by atoms with Crippen LogP contribution in [0.15, 0.2) is 17.5 Å². The molecule has 0 radical (unpaired) electrons. The molecule has 2 aromatic rings. The van der Waals surface area contributed by atoms with Crippen molar-refractivity contribution in [1.29, 1.82) is 0 Å². The molecule has 0 spiro atoms. The fourth-order valence-corrected chi connectivity index (χ4v) is 6.19. The number of piperazine rings is 1. The minimum absolute atomic E-state index is 0.101. The van der Waals surface area contributed by atoms with Crippen LogP contribution in [-0.2, 0) is 12.8 Å². The lowest BCUT2D eigenvalue weighted by atomic mass is 9.88. The second-order valence-electron chi connectivity index (χ2n) is 7.88. The SMILES string of the molecule is CC[NH+]1CCN(C(=O)c2c(NC(=O)c3cccs3)sc3c2CCC(C)C3)CC1. The predicted molar refractivity (Wildman–Crippen MR) is 115 cm³/mol. The fraction of sp³-hybridized carbons (Fsp3) is 0.524. The van der Waals surface area contributed by atoms with Crippen molar-refractivity contribution in [1.82, 2.24) is 4.90 Å². The smallest absolute Gasteiger partial charge is 0.266 e. The zero-order valence-electron chi connectivity index (χ0n) is 16.5. The number of nitrogens with one attached hydrogen (secondary N) is 2. The van der Waals surface area contributed by atoms with Crippen LogP contribution in [0.2, 0.25) is 0 Å². The summed E-state index contributed by atoms with van der Waals surface area (Å²) in [5.41, 5.74) is 1.94. The van der Waals surface area contributed by atoms with Crippen molar-refractivity contribution < 1.29 is 14.5 Å². The van der Waals surface area contributed by atoms with Gasteiger partial charge in [-0.25, -0.2) is 0 Å². The number of carbonyl (C=O) groups excluding carboxylic acids is 2. The van der Waals surface area contributed by atoms with Crippen molar-refractivity contribution in [2.45, 2.75) is 33.1 Å². The van der Waals surface area contributed by atoms with Gasteiger partial charge >= 0.3 is 0 Å². The van der Waals surface area contributed by atoms with Crippen molar-refractivity contribution in [3.63, 3.8) is 0 Å². The van der Waals surface area contributed by atoms with Crippen molar-refractivity contribution in [2.24, 2.45) is 5.92 Å². The van der Waals surface area contributed by atoms with Crippen LogP contribution in [0, 0.1) is 5.92 Å². The van der Waals surface area contributed by atoms with E-state index in [1.54, 1.807) is 16.2 Å². The van der Waals surface area contributed by atoms with Gasteiger partial charge in [-0.3, -0.25) is 9.59 Å². The summed E-state index contributed by atoms with van der Waals surface area (Å²) in [7, 11) is 0. The maximum absolute atomic E-state index is 13.5. The van der Waals surface area contributed by atoms with E-state index in [9.17, 15) is 9.59 Å². The molecule has 0 bridgehead atoms. The first-order valence-corrected chi connectivity index (χ1v) is 11.9. The van der Waals surface area contributed by atoms with Gasteiger partial charge < -0.3 is 15.1 Å². The molecule has 2 aromatic heterocycles. The van der Waals surface area contributed by atoms with Crippen LogP contribution in [-0.4, -0.2) is 49.4 Å². The molecule has 1 saturated heterocycles. The number of quaternary nitrogens is 1. The average molecular weight is 419 g/mol. The van der Waals surface area contributed by atoms with E-state index in [1.807, 2.05) is 22.4 Å². The Morgan fingerprint density at radius 3 is 2.79 bits per heavy atom.